The Balaban J connectivity index is 1.08. The molecule has 9 aromatic carbocycles. The Bertz CT molecular complexity index is 2930. The van der Waals surface area contributed by atoms with E-state index in [1.807, 2.05) is 6.07 Å². The molecule has 3 heteroatoms. The lowest BCUT2D eigenvalue weighted by atomic mass is 9.96. The molecule has 3 nitrogen and oxygen atoms in total. The molecule has 264 valence electrons. The molecule has 0 unspecified atom stereocenters. The maximum atomic E-state index is 6.67. The molecule has 0 N–H and O–H groups in total. The van der Waals surface area contributed by atoms with Crippen LogP contribution in [0.3, 0.4) is 0 Å². The number of oxazole rings is 1. The smallest absolute Gasteiger partial charge is 0.227 e. The molecule has 0 aliphatic rings. The molecule has 0 aliphatic heterocycles. The lowest BCUT2D eigenvalue weighted by Gasteiger charge is -2.27. The minimum atomic E-state index is 0.610. The van der Waals surface area contributed by atoms with Crippen LogP contribution in [-0.4, -0.2) is 4.98 Å². The highest BCUT2D eigenvalue weighted by molar-refractivity contribution is 6.11. The zero-order valence-corrected chi connectivity index (χ0v) is 30.6. The van der Waals surface area contributed by atoms with Crippen LogP contribution in [0.5, 0.6) is 0 Å². The first-order valence-electron chi connectivity index (χ1n) is 18.9. The van der Waals surface area contributed by atoms with Crippen LogP contribution in [0.15, 0.2) is 223 Å². The fourth-order valence-corrected chi connectivity index (χ4v) is 7.70. The van der Waals surface area contributed by atoms with E-state index in [9.17, 15) is 0 Å². The van der Waals surface area contributed by atoms with E-state index < -0.39 is 0 Å². The summed E-state index contributed by atoms with van der Waals surface area (Å²) in [6, 6.07) is 77.1. The molecule has 1 aromatic heterocycles. The lowest BCUT2D eigenvalue weighted by molar-refractivity contribution is 0.623. The predicted molar refractivity (Wildman–Crippen MR) is 233 cm³/mol. The zero-order chi connectivity index (χ0) is 37.3. The molecule has 0 aliphatic carbocycles. The summed E-state index contributed by atoms with van der Waals surface area (Å²) in [7, 11) is 0. The third-order valence-corrected chi connectivity index (χ3v) is 10.5. The highest BCUT2D eigenvalue weighted by Gasteiger charge is 2.18. The number of fused-ring (bicyclic) bond motifs is 3. The van der Waals surface area contributed by atoms with Gasteiger partial charge in [-0.15, -0.1) is 0 Å². The van der Waals surface area contributed by atoms with Crippen LogP contribution in [0, 0.1) is 0 Å². The highest BCUT2D eigenvalue weighted by atomic mass is 16.3. The monoisotopic (exact) mass is 716 g/mol. The topological polar surface area (TPSA) is 29.3 Å². The van der Waals surface area contributed by atoms with Crippen LogP contribution in [0.1, 0.15) is 0 Å². The van der Waals surface area contributed by atoms with E-state index in [2.05, 4.69) is 217 Å². The first-order chi connectivity index (χ1) is 27.7. The van der Waals surface area contributed by atoms with Gasteiger partial charge in [0.1, 0.15) is 5.52 Å². The van der Waals surface area contributed by atoms with Crippen LogP contribution < -0.4 is 4.90 Å². The molecule has 0 saturated heterocycles. The van der Waals surface area contributed by atoms with E-state index in [-0.39, 0.29) is 0 Å². The number of rotatable bonds is 8. The number of hydrogen-bond acceptors (Lipinski definition) is 3. The van der Waals surface area contributed by atoms with Crippen LogP contribution in [0.25, 0.3) is 77.8 Å². The standard InChI is InChI=1S/C53H36N2O/c1-4-13-37(14-5-1)40-25-27-43(28-26-40)53-54-50-34-31-42-19-12-24-49(51(42)52(50)56-53)45-21-11-23-48(36-45)55(46-32-29-41(30-33-46)38-15-6-2-7-16-38)47-22-10-20-44(35-47)39-17-8-3-9-18-39/h1-36H. The minimum Gasteiger partial charge on any atom is -0.435 e. The third-order valence-electron chi connectivity index (χ3n) is 10.5. The Morgan fingerprint density at radius 3 is 1.45 bits per heavy atom. The molecular weight excluding hydrogens is 681 g/mol. The van der Waals surface area contributed by atoms with Gasteiger partial charge in [-0.3, -0.25) is 0 Å². The number of benzene rings is 9. The van der Waals surface area contributed by atoms with Crippen molar-refractivity contribution in [2.45, 2.75) is 0 Å². The Morgan fingerprint density at radius 1 is 0.339 bits per heavy atom. The van der Waals surface area contributed by atoms with E-state index in [1.54, 1.807) is 0 Å². The Morgan fingerprint density at radius 2 is 0.821 bits per heavy atom. The van der Waals surface area contributed by atoms with Crippen molar-refractivity contribution in [3.8, 4) is 56.0 Å². The summed E-state index contributed by atoms with van der Waals surface area (Å²) in [5, 5.41) is 2.15. The average molecular weight is 717 g/mol. The van der Waals surface area contributed by atoms with Crippen molar-refractivity contribution < 1.29 is 4.42 Å². The Kier molecular flexibility index (Phi) is 8.51. The van der Waals surface area contributed by atoms with Crippen LogP contribution in [0.2, 0.25) is 0 Å². The fourth-order valence-electron chi connectivity index (χ4n) is 7.70. The van der Waals surface area contributed by atoms with Crippen LogP contribution >= 0.6 is 0 Å². The SMILES string of the molecule is c1ccc(-c2ccc(-c3nc4ccc5cccc(-c6cccc(N(c7ccc(-c8ccccc8)cc7)c7cccc(-c8ccccc8)c7)c6)c5c4o3)cc2)cc1. The molecule has 0 amide bonds. The maximum Gasteiger partial charge on any atom is 0.227 e. The van der Waals surface area contributed by atoms with Crippen molar-refractivity contribution >= 4 is 38.9 Å². The normalized spacial score (nSPS) is 11.2. The van der Waals surface area contributed by atoms with Gasteiger partial charge in [-0.05, 0) is 104 Å². The van der Waals surface area contributed by atoms with Gasteiger partial charge in [0.15, 0.2) is 5.58 Å². The summed E-state index contributed by atoms with van der Waals surface area (Å²) in [4.78, 5) is 7.33. The van der Waals surface area contributed by atoms with Gasteiger partial charge >= 0.3 is 0 Å². The van der Waals surface area contributed by atoms with Crippen molar-refractivity contribution in [3.63, 3.8) is 0 Å². The molecule has 1 heterocycles. The summed E-state index contributed by atoms with van der Waals surface area (Å²) < 4.78 is 6.67. The second-order valence-electron chi connectivity index (χ2n) is 14.0. The summed E-state index contributed by atoms with van der Waals surface area (Å²) in [5.41, 5.74) is 15.0. The number of nitrogens with zero attached hydrogens (tertiary/aromatic N) is 2. The van der Waals surface area contributed by atoms with Gasteiger partial charge in [0.2, 0.25) is 5.89 Å². The Labute approximate surface area is 326 Å². The summed E-state index contributed by atoms with van der Waals surface area (Å²) in [5.74, 6) is 0.610. The average Bonchev–Trinajstić information content (AvgIpc) is 3.73. The van der Waals surface area contributed by atoms with Gasteiger partial charge in [-0.1, -0.05) is 164 Å². The number of hydrogen-bond donors (Lipinski definition) is 0. The molecule has 56 heavy (non-hydrogen) atoms. The van der Waals surface area contributed by atoms with Gasteiger partial charge in [0.25, 0.3) is 0 Å². The van der Waals surface area contributed by atoms with Gasteiger partial charge in [0, 0.05) is 28.0 Å². The first-order valence-corrected chi connectivity index (χ1v) is 18.9. The zero-order valence-electron chi connectivity index (χ0n) is 30.6. The summed E-state index contributed by atoms with van der Waals surface area (Å²) >= 11 is 0. The minimum absolute atomic E-state index is 0.610. The van der Waals surface area contributed by atoms with Gasteiger partial charge in [0.05, 0.1) is 0 Å². The fraction of sp³-hybridized carbons (Fsp3) is 0. The van der Waals surface area contributed by atoms with E-state index in [1.165, 1.54) is 22.3 Å². The summed E-state index contributed by atoms with van der Waals surface area (Å²) in [6.07, 6.45) is 0. The van der Waals surface area contributed by atoms with Crippen molar-refractivity contribution in [2.24, 2.45) is 0 Å². The molecule has 0 fully saturated rings. The molecule has 0 radical (unpaired) electrons. The van der Waals surface area contributed by atoms with E-state index in [0.717, 1.165) is 66.8 Å². The molecule has 0 atom stereocenters. The van der Waals surface area contributed by atoms with Gasteiger partial charge in [-0.25, -0.2) is 4.98 Å². The van der Waals surface area contributed by atoms with Gasteiger partial charge < -0.3 is 9.32 Å². The summed E-state index contributed by atoms with van der Waals surface area (Å²) in [6.45, 7) is 0. The molecule has 10 rings (SSSR count). The first kappa shape index (κ1) is 33.1. The van der Waals surface area contributed by atoms with Crippen LogP contribution in [0.4, 0.5) is 17.1 Å². The number of aromatic nitrogens is 1. The number of anilines is 3. The van der Waals surface area contributed by atoms with Crippen molar-refractivity contribution in [1.29, 1.82) is 0 Å². The second kappa shape index (κ2) is 14.4. The van der Waals surface area contributed by atoms with Crippen molar-refractivity contribution in [3.05, 3.63) is 218 Å². The van der Waals surface area contributed by atoms with Crippen molar-refractivity contribution in [2.75, 3.05) is 4.90 Å². The Hall–Kier alpha value is -7.49. The van der Waals surface area contributed by atoms with E-state index in [0.29, 0.717) is 5.89 Å². The molecule has 0 spiro atoms. The molecule has 0 saturated carbocycles. The highest BCUT2D eigenvalue weighted by Crippen LogP contribution is 2.42. The maximum absolute atomic E-state index is 6.67. The molecular formula is C53H36N2O. The van der Waals surface area contributed by atoms with Crippen molar-refractivity contribution in [1.82, 2.24) is 4.98 Å². The third kappa shape index (κ3) is 6.31. The van der Waals surface area contributed by atoms with Gasteiger partial charge in [-0.2, -0.15) is 0 Å². The molecule has 10 aromatic rings. The largest absolute Gasteiger partial charge is 0.435 e. The van der Waals surface area contributed by atoms with Crippen LogP contribution in [-0.2, 0) is 0 Å². The lowest BCUT2D eigenvalue weighted by Crippen LogP contribution is -2.10. The quantitative estimate of drug-likeness (QED) is 0.157. The molecule has 0 bridgehead atoms. The predicted octanol–water partition coefficient (Wildman–Crippen LogP) is 14.8. The second-order valence-corrected chi connectivity index (χ2v) is 14.0. The van der Waals surface area contributed by atoms with E-state index in [4.69, 9.17) is 9.40 Å². The van der Waals surface area contributed by atoms with E-state index >= 15 is 0 Å².